The molecule has 3 N–H and O–H groups in total. The number of aliphatic hydroxyl groups is 1. The van der Waals surface area contributed by atoms with Crippen molar-refractivity contribution in [1.82, 2.24) is 74.8 Å². The normalized spacial score (nSPS) is 13.2. The van der Waals surface area contributed by atoms with Gasteiger partial charge in [-0.15, -0.1) is 0 Å². The lowest BCUT2D eigenvalue weighted by Crippen LogP contribution is -2.50. The summed E-state index contributed by atoms with van der Waals surface area (Å²) < 4.78 is 13.8. The van der Waals surface area contributed by atoms with Crippen LogP contribution >= 0.6 is 0 Å². The van der Waals surface area contributed by atoms with Crippen LogP contribution in [0.25, 0.3) is 67.9 Å². The fourth-order valence-corrected chi connectivity index (χ4v) is 12.7. The number of amides is 2. The van der Waals surface area contributed by atoms with E-state index in [1.165, 1.54) is 27.6 Å². The van der Waals surface area contributed by atoms with Crippen LogP contribution in [0.5, 0.6) is 0 Å². The lowest BCUT2D eigenvalue weighted by molar-refractivity contribution is 0.0230. The summed E-state index contributed by atoms with van der Waals surface area (Å²) in [5.41, 5.74) is 12.3. The van der Waals surface area contributed by atoms with Crippen molar-refractivity contribution in [2.24, 2.45) is 0 Å². The Bertz CT molecular complexity index is 5740. The fourth-order valence-electron chi connectivity index (χ4n) is 12.7. The molecule has 0 atom stereocenters. The SMILES string of the molecule is C.CC(C)(C)OC(=O)N1CCN(c2cnc(-c3cccc(CO)c3)nc2)CC1.CC(C)(C)OC(=O)N1CCN(c2cnc(-c3cccc(Cn4nc(-c5cccc(C#N)c5)ccc4=O)c3)nc2)CC1.N#Cc1cccc(-c2ccc(=O)[nH]n2)c1.N#Cc1cccc(-c2ccc(=O)n(Cc3cccc(-c4ncc(N5CCNCC5)cn4)c3)n2)c1. The zero-order valence-corrected chi connectivity index (χ0v) is 65.7. The van der Waals surface area contributed by atoms with Crippen molar-refractivity contribution in [2.45, 2.75) is 79.9 Å². The van der Waals surface area contributed by atoms with Gasteiger partial charge < -0.3 is 44.4 Å². The van der Waals surface area contributed by atoms with Crippen LogP contribution in [-0.2, 0) is 29.2 Å². The second-order valence-electron chi connectivity index (χ2n) is 29.5. The Morgan fingerprint density at radius 2 is 0.746 bits per heavy atom. The van der Waals surface area contributed by atoms with E-state index in [0.717, 1.165) is 93.3 Å². The fraction of sp³-hybridized carbons (Fsp3) is 0.270. The molecule has 6 aromatic carbocycles. The Kier molecular flexibility index (Phi) is 28.3. The molecule has 29 nitrogen and oxygen atoms in total. The molecular weight excluding hydrogens is 1490 g/mol. The number of anilines is 3. The summed E-state index contributed by atoms with van der Waals surface area (Å²) in [7, 11) is 0. The largest absolute Gasteiger partial charge is 0.444 e. The van der Waals surface area contributed by atoms with Crippen LogP contribution in [-0.4, -0.2) is 176 Å². The van der Waals surface area contributed by atoms with Gasteiger partial charge in [0.1, 0.15) is 11.2 Å². The predicted octanol–water partition coefficient (Wildman–Crippen LogP) is 11.7. The van der Waals surface area contributed by atoms with Gasteiger partial charge in [0.05, 0.1) is 126 Å². The minimum Gasteiger partial charge on any atom is -0.444 e. The van der Waals surface area contributed by atoms with Gasteiger partial charge in [0.2, 0.25) is 0 Å². The number of carbonyl (C=O) groups is 2. The van der Waals surface area contributed by atoms with Gasteiger partial charge in [0.15, 0.2) is 17.5 Å². The first-order valence-corrected chi connectivity index (χ1v) is 38.0. The molecule has 0 unspecified atom stereocenters. The zero-order chi connectivity index (χ0) is 82.4. The third-order valence-corrected chi connectivity index (χ3v) is 18.7. The Morgan fingerprint density at radius 3 is 1.09 bits per heavy atom. The highest BCUT2D eigenvalue weighted by Gasteiger charge is 2.29. The number of nitrogens with one attached hydrogen (secondary N) is 2. The number of aromatic amines is 1. The molecule has 0 bridgehead atoms. The highest BCUT2D eigenvalue weighted by molar-refractivity contribution is 5.70. The van der Waals surface area contributed by atoms with E-state index in [0.29, 0.717) is 110 Å². The number of nitriles is 3. The van der Waals surface area contributed by atoms with E-state index >= 15 is 0 Å². The van der Waals surface area contributed by atoms with E-state index in [9.17, 15) is 34.3 Å². The Hall–Kier alpha value is -14.5. The average Bonchev–Trinajstić information content (AvgIpc) is 0.833. The molecule has 9 heterocycles. The number of aromatic nitrogens is 12. The van der Waals surface area contributed by atoms with Crippen LogP contribution in [0.15, 0.2) is 234 Å². The van der Waals surface area contributed by atoms with Crippen LogP contribution in [0.2, 0.25) is 0 Å². The third kappa shape index (κ3) is 23.4. The van der Waals surface area contributed by atoms with Gasteiger partial charge in [-0.1, -0.05) is 98.4 Å². The van der Waals surface area contributed by atoms with E-state index in [1.54, 1.807) is 101 Å². The van der Waals surface area contributed by atoms with Crippen LogP contribution in [0, 0.1) is 34.0 Å². The molecular formula is C89H91N21O8. The molecule has 6 aromatic heterocycles. The summed E-state index contributed by atoms with van der Waals surface area (Å²) in [6.07, 6.45) is 10.4. The third-order valence-electron chi connectivity index (χ3n) is 18.7. The summed E-state index contributed by atoms with van der Waals surface area (Å²) in [5.74, 6) is 1.84. The number of ether oxygens (including phenoxy) is 2. The maximum absolute atomic E-state index is 12.6. The van der Waals surface area contributed by atoms with Gasteiger partial charge in [-0.2, -0.15) is 31.1 Å². The number of benzene rings is 6. The van der Waals surface area contributed by atoms with Crippen LogP contribution in [0.4, 0.5) is 26.7 Å². The summed E-state index contributed by atoms with van der Waals surface area (Å²) >= 11 is 0. The lowest BCUT2D eigenvalue weighted by Gasteiger charge is -2.36. The van der Waals surface area contributed by atoms with Gasteiger partial charge in [0, 0.05) is 130 Å². The molecule has 3 saturated heterocycles. The summed E-state index contributed by atoms with van der Waals surface area (Å²) in [6.45, 7) is 20.7. The van der Waals surface area contributed by atoms with Gasteiger partial charge in [-0.3, -0.25) is 14.4 Å². The van der Waals surface area contributed by atoms with Crippen molar-refractivity contribution >= 4 is 29.2 Å². The molecule has 3 aliphatic heterocycles. The van der Waals surface area contributed by atoms with Crippen molar-refractivity contribution in [1.29, 1.82) is 15.8 Å². The molecule has 0 saturated carbocycles. The number of hydrogen-bond acceptors (Lipinski definition) is 24. The monoisotopic (exact) mass is 1580 g/mol. The molecule has 118 heavy (non-hydrogen) atoms. The average molecular weight is 1580 g/mol. The molecule has 3 aliphatic rings. The minimum atomic E-state index is -0.517. The summed E-state index contributed by atoms with van der Waals surface area (Å²) in [5, 5.41) is 55.0. The van der Waals surface area contributed by atoms with Crippen molar-refractivity contribution in [3.63, 3.8) is 0 Å². The molecule has 2 amide bonds. The van der Waals surface area contributed by atoms with Gasteiger partial charge in [0.25, 0.3) is 16.7 Å². The first-order valence-electron chi connectivity index (χ1n) is 38.0. The number of rotatable bonds is 14. The summed E-state index contributed by atoms with van der Waals surface area (Å²) in [4.78, 5) is 97.7. The Balaban J connectivity index is 0.000000161. The van der Waals surface area contributed by atoms with Crippen molar-refractivity contribution in [2.75, 3.05) is 93.2 Å². The predicted molar refractivity (Wildman–Crippen MR) is 451 cm³/mol. The molecule has 0 spiro atoms. The zero-order valence-electron chi connectivity index (χ0n) is 65.7. The first kappa shape index (κ1) is 84.4. The number of H-pyrrole nitrogens is 1. The van der Waals surface area contributed by atoms with Crippen LogP contribution in [0.3, 0.4) is 0 Å². The van der Waals surface area contributed by atoms with E-state index in [-0.39, 0.29) is 49.4 Å². The van der Waals surface area contributed by atoms with Gasteiger partial charge in [-0.25, -0.2) is 54.0 Å². The van der Waals surface area contributed by atoms with Crippen molar-refractivity contribution < 1.29 is 24.2 Å². The first-order chi connectivity index (χ1) is 56.5. The standard InChI is InChI=1S/C31H31N7O3.C26H23N7O.C20H26N4O3.C11H7N3O.CH4/c1-31(2,3)41-30(40)37-14-12-36(13-15-37)26-19-33-29(34-20-26)25-9-5-7-23(17-25)21-38-28(39)11-10-27(35-38)24-8-4-6-22(16-24)18-32;27-15-19-3-1-5-21(13-19)24-7-8-25(34)33(31-24)18-20-4-2-6-22(14-20)26-29-16-23(17-30-26)32-11-9-28-10-12-32;1-20(2,3)27-19(26)24-9-7-23(8-10-24)17-12-21-18(22-13-17)16-6-4-5-15(11-16)14-25;12-7-8-2-1-3-9(6-8)10-4-5-11(15)14-13-10;/h4-11,16-17,19-20H,12-15,21H2,1-3H3;1-8,13-14,16-17,28H,9-12,18H2;4-6,11-13,25H,7-10,14H2,1-3H3;1-6H,(H,14,15);1H4. The summed E-state index contributed by atoms with van der Waals surface area (Å²) in [6, 6.07) is 60.1. The van der Waals surface area contributed by atoms with Crippen LogP contribution in [0.1, 0.15) is 82.3 Å². The van der Waals surface area contributed by atoms with Crippen molar-refractivity contribution in [3.8, 4) is 86.1 Å². The Morgan fingerprint density at radius 1 is 0.415 bits per heavy atom. The maximum Gasteiger partial charge on any atom is 0.410 e. The van der Waals surface area contributed by atoms with Crippen LogP contribution < -0.4 is 36.7 Å². The molecule has 3 fully saturated rings. The highest BCUT2D eigenvalue weighted by Crippen LogP contribution is 2.27. The van der Waals surface area contributed by atoms with E-state index in [1.807, 2.05) is 157 Å². The van der Waals surface area contributed by atoms with E-state index in [4.69, 9.17) is 20.0 Å². The Labute approximate surface area is 683 Å². The molecule has 0 aliphatic carbocycles. The second-order valence-corrected chi connectivity index (χ2v) is 29.5. The van der Waals surface area contributed by atoms with Crippen molar-refractivity contribution in [3.05, 3.63) is 284 Å². The number of hydrogen-bond donors (Lipinski definition) is 3. The quantitative estimate of drug-likeness (QED) is 0.0910. The number of aliphatic hydroxyl groups excluding tert-OH is 1. The van der Waals surface area contributed by atoms with Gasteiger partial charge in [-0.05, 0) is 131 Å². The maximum atomic E-state index is 12.6. The van der Waals surface area contributed by atoms with E-state index in [2.05, 4.69) is 82.5 Å². The minimum absolute atomic E-state index is 0. The van der Waals surface area contributed by atoms with Gasteiger partial charge >= 0.3 is 12.2 Å². The number of piperazine rings is 3. The molecule has 0 radical (unpaired) electrons. The van der Waals surface area contributed by atoms with E-state index < -0.39 is 11.2 Å². The topological polar surface area (TPSA) is 365 Å². The molecule has 12 aromatic rings. The highest BCUT2D eigenvalue weighted by atomic mass is 16.6. The molecule has 600 valence electrons. The lowest BCUT2D eigenvalue weighted by atomic mass is 10.1. The second kappa shape index (κ2) is 39.5. The molecule has 15 rings (SSSR count). The smallest absolute Gasteiger partial charge is 0.410 e. The molecule has 29 heteroatoms. The number of carbonyl (C=O) groups excluding carboxylic acids is 2. The number of nitrogens with zero attached hydrogens (tertiary/aromatic N) is 19.